The summed E-state index contributed by atoms with van der Waals surface area (Å²) in [7, 11) is 0. The van der Waals surface area contributed by atoms with Crippen LogP contribution in [0.25, 0.3) is 10.6 Å². The molecule has 7 nitrogen and oxygen atoms in total. The van der Waals surface area contributed by atoms with E-state index in [-0.39, 0.29) is 18.2 Å². The number of halogens is 5. The van der Waals surface area contributed by atoms with Gasteiger partial charge in [0.1, 0.15) is 16.9 Å². The number of piperidine rings is 1. The average molecular weight is 556 g/mol. The van der Waals surface area contributed by atoms with Crippen molar-refractivity contribution in [2.75, 3.05) is 19.6 Å². The highest BCUT2D eigenvalue weighted by Crippen LogP contribution is 2.31. The van der Waals surface area contributed by atoms with Gasteiger partial charge in [0.05, 0.1) is 12.6 Å². The maximum absolute atomic E-state index is 13.2. The molecule has 3 aromatic rings. The number of benzene rings is 1. The van der Waals surface area contributed by atoms with Crippen LogP contribution in [0.5, 0.6) is 5.75 Å². The van der Waals surface area contributed by atoms with Crippen molar-refractivity contribution in [2.24, 2.45) is 0 Å². The number of amides is 1. The first-order valence-corrected chi connectivity index (χ1v) is 12.7. The third-order valence-corrected chi connectivity index (χ3v) is 7.01. The van der Waals surface area contributed by atoms with Crippen molar-refractivity contribution in [3.63, 3.8) is 0 Å². The third kappa shape index (κ3) is 7.22. The number of ether oxygens (including phenoxy) is 1. The van der Waals surface area contributed by atoms with Gasteiger partial charge >= 0.3 is 6.18 Å². The molecule has 4 rings (SSSR count). The summed E-state index contributed by atoms with van der Waals surface area (Å²) in [4.78, 5) is 26.9. The molecule has 1 N–H and O–H groups in total. The van der Waals surface area contributed by atoms with E-state index >= 15 is 0 Å². The lowest BCUT2D eigenvalue weighted by Gasteiger charge is -2.32. The molecule has 3 heterocycles. The van der Waals surface area contributed by atoms with Crippen LogP contribution in [0.4, 0.5) is 22.0 Å². The summed E-state index contributed by atoms with van der Waals surface area (Å²) in [6.07, 6.45) is -2.32. The molecule has 0 saturated carbocycles. The molecule has 1 aliphatic heterocycles. The van der Waals surface area contributed by atoms with Gasteiger partial charge in [-0.05, 0) is 44.9 Å². The molecule has 0 bridgehead atoms. The minimum atomic E-state index is -4.66. The number of hydrogen-bond acceptors (Lipinski definition) is 7. The maximum Gasteiger partial charge on any atom is 0.451 e. The Labute approximate surface area is 220 Å². The van der Waals surface area contributed by atoms with E-state index in [9.17, 15) is 26.7 Å². The molecule has 0 aliphatic carbocycles. The first-order valence-electron chi connectivity index (χ1n) is 11.9. The van der Waals surface area contributed by atoms with Crippen molar-refractivity contribution >= 4 is 17.2 Å². The van der Waals surface area contributed by atoms with E-state index in [0.29, 0.717) is 47.8 Å². The van der Waals surface area contributed by atoms with E-state index in [1.807, 2.05) is 6.92 Å². The van der Waals surface area contributed by atoms with Crippen molar-refractivity contribution < 1.29 is 31.5 Å². The predicted octanol–water partition coefficient (Wildman–Crippen LogP) is 5.53. The SMILES string of the molecule is Cc1cnc(-c2cc(OC3CCN(CC(F)F)CC3)cc(C(=O)N[C@@H](C)c3cnc(C(F)(F)F)nc3)c2)s1. The minimum absolute atomic E-state index is 0.198. The highest BCUT2D eigenvalue weighted by Gasteiger charge is 2.34. The number of aromatic nitrogens is 3. The van der Waals surface area contributed by atoms with Gasteiger partial charge in [0, 0.05) is 53.2 Å². The lowest BCUT2D eigenvalue weighted by atomic mass is 10.1. The topological polar surface area (TPSA) is 80.2 Å². The first kappa shape index (κ1) is 27.8. The summed E-state index contributed by atoms with van der Waals surface area (Å²) in [6, 6.07) is 4.37. The smallest absolute Gasteiger partial charge is 0.451 e. The van der Waals surface area contributed by atoms with Gasteiger partial charge in [-0.1, -0.05) is 0 Å². The number of hydrogen-bond donors (Lipinski definition) is 1. The molecule has 2 aromatic heterocycles. The van der Waals surface area contributed by atoms with Crippen molar-refractivity contribution in [3.8, 4) is 16.3 Å². The van der Waals surface area contributed by atoms with Crippen LogP contribution in [0.2, 0.25) is 0 Å². The molecule has 1 atom stereocenters. The number of nitrogens with one attached hydrogen (secondary N) is 1. The van der Waals surface area contributed by atoms with Crippen molar-refractivity contribution in [1.29, 1.82) is 0 Å². The van der Waals surface area contributed by atoms with Crippen LogP contribution in [-0.2, 0) is 6.18 Å². The predicted molar refractivity (Wildman–Crippen MR) is 131 cm³/mol. The largest absolute Gasteiger partial charge is 0.490 e. The standard InChI is InChI=1S/C25H26F5N5O2S/c1-14-10-31-23(38-14)17-7-16(8-20(9-17)37-19-3-5-35(6-4-19)13-21(26)27)22(36)34-15(2)18-11-32-24(33-12-18)25(28,29)30/h7-12,15,19,21H,3-6,13H2,1-2H3,(H,34,36)/t15-/m0/s1. The van der Waals surface area contributed by atoms with E-state index in [2.05, 4.69) is 20.3 Å². The molecule has 0 radical (unpaired) electrons. The molecule has 0 unspecified atom stereocenters. The van der Waals surface area contributed by atoms with Crippen LogP contribution in [0, 0.1) is 6.92 Å². The van der Waals surface area contributed by atoms with Crippen LogP contribution in [0.1, 0.15) is 52.4 Å². The van der Waals surface area contributed by atoms with Crippen LogP contribution >= 0.6 is 11.3 Å². The highest BCUT2D eigenvalue weighted by atomic mass is 32.1. The fourth-order valence-corrected chi connectivity index (χ4v) is 4.83. The summed E-state index contributed by atoms with van der Waals surface area (Å²) < 4.78 is 69.8. The lowest BCUT2D eigenvalue weighted by Crippen LogP contribution is -2.40. The minimum Gasteiger partial charge on any atom is -0.490 e. The summed E-state index contributed by atoms with van der Waals surface area (Å²) in [5.74, 6) is -1.28. The number of rotatable bonds is 8. The van der Waals surface area contributed by atoms with Crippen LogP contribution < -0.4 is 10.1 Å². The Bertz CT molecular complexity index is 1240. The molecule has 1 aromatic carbocycles. The molecule has 1 aliphatic rings. The van der Waals surface area contributed by atoms with Crippen molar-refractivity contribution in [2.45, 2.75) is 51.4 Å². The van der Waals surface area contributed by atoms with Gasteiger partial charge in [-0.25, -0.2) is 23.7 Å². The summed E-state index contributed by atoms with van der Waals surface area (Å²) >= 11 is 1.45. The molecule has 1 saturated heterocycles. The van der Waals surface area contributed by atoms with Crippen molar-refractivity contribution in [1.82, 2.24) is 25.2 Å². The maximum atomic E-state index is 13.2. The number of aryl methyl sites for hydroxylation is 1. The Morgan fingerprint density at radius 1 is 1.13 bits per heavy atom. The number of carbonyl (C=O) groups excluding carboxylic acids is 1. The molecular formula is C25H26F5N5O2S. The van der Waals surface area contributed by atoms with Gasteiger partial charge in [0.2, 0.25) is 5.82 Å². The average Bonchev–Trinajstić information content (AvgIpc) is 3.30. The van der Waals surface area contributed by atoms with Gasteiger partial charge in [0.15, 0.2) is 0 Å². The van der Waals surface area contributed by atoms with Gasteiger partial charge in [-0.15, -0.1) is 11.3 Å². The monoisotopic (exact) mass is 555 g/mol. The zero-order chi connectivity index (χ0) is 27.4. The summed E-state index contributed by atoms with van der Waals surface area (Å²) in [5.41, 5.74) is 1.26. The van der Waals surface area contributed by atoms with E-state index < -0.39 is 30.4 Å². The number of alkyl halides is 5. The lowest BCUT2D eigenvalue weighted by molar-refractivity contribution is -0.145. The zero-order valence-electron chi connectivity index (χ0n) is 20.6. The van der Waals surface area contributed by atoms with Crippen molar-refractivity contribution in [3.05, 3.63) is 58.6 Å². The van der Waals surface area contributed by atoms with Gasteiger partial charge in [0.25, 0.3) is 12.3 Å². The number of thiazole rings is 1. The molecule has 13 heteroatoms. The molecular weight excluding hydrogens is 529 g/mol. The van der Waals surface area contributed by atoms with E-state index in [1.165, 1.54) is 11.3 Å². The van der Waals surface area contributed by atoms with Crippen LogP contribution in [0.15, 0.2) is 36.8 Å². The molecule has 1 fully saturated rings. The van der Waals surface area contributed by atoms with Gasteiger partial charge in [-0.3, -0.25) is 9.69 Å². The second-order valence-corrected chi connectivity index (χ2v) is 10.3. The first-order chi connectivity index (χ1) is 18.0. The van der Waals surface area contributed by atoms with Crippen LogP contribution in [0.3, 0.4) is 0 Å². The Balaban J connectivity index is 1.51. The normalized spacial score (nSPS) is 16.0. The van der Waals surface area contributed by atoms with E-state index in [1.54, 1.807) is 36.2 Å². The molecule has 38 heavy (non-hydrogen) atoms. The fourth-order valence-electron chi connectivity index (χ4n) is 4.08. The Morgan fingerprint density at radius 3 is 2.39 bits per heavy atom. The van der Waals surface area contributed by atoms with Crippen LogP contribution in [-0.4, -0.2) is 57.9 Å². The molecule has 204 valence electrons. The van der Waals surface area contributed by atoms with E-state index in [4.69, 9.17) is 4.74 Å². The second-order valence-electron chi connectivity index (χ2n) is 9.06. The summed E-state index contributed by atoms with van der Waals surface area (Å²) in [5, 5.41) is 3.45. The zero-order valence-corrected chi connectivity index (χ0v) is 21.5. The van der Waals surface area contributed by atoms with Gasteiger partial charge in [-0.2, -0.15) is 13.2 Å². The second kappa shape index (κ2) is 11.7. The summed E-state index contributed by atoms with van der Waals surface area (Å²) in [6.45, 7) is 4.23. The molecule has 0 spiro atoms. The Morgan fingerprint density at radius 2 is 1.82 bits per heavy atom. The van der Waals surface area contributed by atoms with E-state index in [0.717, 1.165) is 17.3 Å². The third-order valence-electron chi connectivity index (χ3n) is 6.04. The Hall–Kier alpha value is -3.19. The van der Waals surface area contributed by atoms with Gasteiger partial charge < -0.3 is 10.1 Å². The highest BCUT2D eigenvalue weighted by molar-refractivity contribution is 7.14. The quantitative estimate of drug-likeness (QED) is 0.369. The number of nitrogens with zero attached hydrogens (tertiary/aromatic N) is 4. The number of likely N-dealkylation sites (tertiary alicyclic amines) is 1. The fraction of sp³-hybridized carbons (Fsp3) is 0.440. The number of carbonyl (C=O) groups is 1. The Kier molecular flexibility index (Phi) is 8.56. The molecule has 1 amide bonds.